The summed E-state index contributed by atoms with van der Waals surface area (Å²) in [6.45, 7) is 0. The van der Waals surface area contributed by atoms with Gasteiger partial charge < -0.3 is 15.0 Å². The fourth-order valence-corrected chi connectivity index (χ4v) is 3.09. The largest absolute Gasteiger partial charge is 0.481 e. The van der Waals surface area contributed by atoms with Crippen LogP contribution in [-0.4, -0.2) is 28.4 Å². The Morgan fingerprint density at radius 1 is 0.667 bits per heavy atom. The van der Waals surface area contributed by atoms with Crippen LogP contribution in [0.4, 0.5) is 0 Å². The lowest BCUT2D eigenvalue weighted by Gasteiger charge is -2.07. The predicted octanol–water partition coefficient (Wildman–Crippen LogP) is 5.77. The topological polar surface area (TPSA) is 91.7 Å². The van der Waals surface area contributed by atoms with Gasteiger partial charge >= 0.3 is 11.9 Å². The molecule has 0 aromatic heterocycles. The minimum absolute atomic E-state index is 0.115. The zero-order valence-corrected chi connectivity index (χ0v) is 16.7. The van der Waals surface area contributed by atoms with Crippen molar-refractivity contribution in [3.8, 4) is 0 Å². The maximum absolute atomic E-state index is 11.2. The summed E-state index contributed by atoms with van der Waals surface area (Å²) in [4.78, 5) is 32.0. The van der Waals surface area contributed by atoms with Crippen molar-refractivity contribution < 1.29 is 24.6 Å². The Labute approximate surface area is 164 Å². The van der Waals surface area contributed by atoms with Gasteiger partial charge in [0.25, 0.3) is 0 Å². The summed E-state index contributed by atoms with van der Waals surface area (Å²) in [5.41, 5.74) is 0. The Hall–Kier alpha value is -1.65. The molecule has 0 bridgehead atoms. The first kappa shape index (κ1) is 25.4. The van der Waals surface area contributed by atoms with Crippen molar-refractivity contribution in [1.29, 1.82) is 0 Å². The first-order valence-electron chi connectivity index (χ1n) is 10.6. The first-order chi connectivity index (χ1) is 13.1. The smallest absolute Gasteiger partial charge is 0.303 e. The molecule has 0 aromatic rings. The van der Waals surface area contributed by atoms with Gasteiger partial charge in [0, 0.05) is 18.8 Å². The van der Waals surface area contributed by atoms with Gasteiger partial charge in [-0.2, -0.15) is 0 Å². The number of hydrogen-bond donors (Lipinski definition) is 2. The maximum atomic E-state index is 11.2. The van der Waals surface area contributed by atoms with Crippen LogP contribution in [0, 0.1) is 5.92 Å². The molecule has 0 aromatic carbocycles. The Morgan fingerprint density at radius 2 is 1.15 bits per heavy atom. The fraction of sp³-hybridized carbons (Fsp3) is 0.773. The third-order valence-corrected chi connectivity index (χ3v) is 4.77. The normalized spacial score (nSPS) is 12.3. The van der Waals surface area contributed by atoms with Gasteiger partial charge in [-0.05, 0) is 38.5 Å². The van der Waals surface area contributed by atoms with Crippen LogP contribution in [0.5, 0.6) is 0 Å². The lowest BCUT2D eigenvalue weighted by atomic mass is 9.98. The zero-order valence-electron chi connectivity index (χ0n) is 16.7. The SMILES string of the molecule is O=CC(CC=CCCCCCCCC(=O)O)CCCCCCCCC(=O)O. The van der Waals surface area contributed by atoms with Crippen LogP contribution in [0.3, 0.4) is 0 Å². The van der Waals surface area contributed by atoms with Crippen molar-refractivity contribution in [2.75, 3.05) is 0 Å². The van der Waals surface area contributed by atoms with Crippen LogP contribution in [0.1, 0.15) is 103 Å². The molecule has 0 spiro atoms. The summed E-state index contributed by atoms with van der Waals surface area (Å²) in [5.74, 6) is -1.31. The number of unbranched alkanes of at least 4 members (excludes halogenated alkanes) is 10. The molecule has 2 N–H and O–H groups in total. The Morgan fingerprint density at radius 3 is 1.67 bits per heavy atom. The number of carbonyl (C=O) groups excluding carboxylic acids is 1. The molecule has 0 radical (unpaired) electrons. The highest BCUT2D eigenvalue weighted by molar-refractivity contribution is 5.66. The Kier molecular flexibility index (Phi) is 18.0. The number of carboxylic acids is 2. The zero-order chi connectivity index (χ0) is 20.2. The van der Waals surface area contributed by atoms with E-state index in [1.807, 2.05) is 0 Å². The Balaban J connectivity index is 3.47. The molecule has 27 heavy (non-hydrogen) atoms. The lowest BCUT2D eigenvalue weighted by molar-refractivity contribution is -0.138. The van der Waals surface area contributed by atoms with Gasteiger partial charge in [-0.3, -0.25) is 9.59 Å². The number of carboxylic acid groups (broad SMARTS) is 2. The highest BCUT2D eigenvalue weighted by atomic mass is 16.4. The molecule has 0 aliphatic heterocycles. The standard InChI is InChI=1S/C22H38O5/c23-19-20(16-12-8-5-6-10-14-18-22(26)27)15-11-7-3-1-2-4-9-13-17-21(24)25/h7,11,19-20H,1-6,8-10,12-18H2,(H,24,25)(H,26,27). The predicted molar refractivity (Wildman–Crippen MR) is 108 cm³/mol. The molecule has 5 nitrogen and oxygen atoms in total. The molecular formula is C22H38O5. The number of carbonyl (C=O) groups is 3. The maximum Gasteiger partial charge on any atom is 0.303 e. The molecule has 1 unspecified atom stereocenters. The average molecular weight is 383 g/mol. The van der Waals surface area contributed by atoms with Crippen molar-refractivity contribution in [1.82, 2.24) is 0 Å². The van der Waals surface area contributed by atoms with Crippen molar-refractivity contribution in [3.05, 3.63) is 12.2 Å². The number of hydrogen-bond acceptors (Lipinski definition) is 3. The molecule has 0 aliphatic rings. The van der Waals surface area contributed by atoms with E-state index in [2.05, 4.69) is 12.2 Å². The molecule has 0 amide bonds. The van der Waals surface area contributed by atoms with Gasteiger partial charge in [-0.15, -0.1) is 0 Å². The van der Waals surface area contributed by atoms with Crippen LogP contribution < -0.4 is 0 Å². The van der Waals surface area contributed by atoms with E-state index >= 15 is 0 Å². The summed E-state index contributed by atoms with van der Waals surface area (Å²) in [6, 6.07) is 0. The van der Waals surface area contributed by atoms with E-state index in [9.17, 15) is 14.4 Å². The van der Waals surface area contributed by atoms with Crippen LogP contribution in [0.25, 0.3) is 0 Å². The second kappa shape index (κ2) is 19.1. The quantitative estimate of drug-likeness (QED) is 0.158. The van der Waals surface area contributed by atoms with Crippen LogP contribution in [0.15, 0.2) is 12.2 Å². The third kappa shape index (κ3) is 20.5. The van der Waals surface area contributed by atoms with Crippen molar-refractivity contribution in [2.45, 2.75) is 103 Å². The average Bonchev–Trinajstić information content (AvgIpc) is 2.63. The second-order valence-corrected chi connectivity index (χ2v) is 7.36. The molecule has 0 rings (SSSR count). The van der Waals surface area contributed by atoms with Crippen molar-refractivity contribution in [2.24, 2.45) is 5.92 Å². The van der Waals surface area contributed by atoms with Crippen LogP contribution in [-0.2, 0) is 14.4 Å². The van der Waals surface area contributed by atoms with Crippen LogP contribution in [0.2, 0.25) is 0 Å². The van der Waals surface area contributed by atoms with Gasteiger partial charge in [0.1, 0.15) is 6.29 Å². The molecule has 0 saturated carbocycles. The highest BCUT2D eigenvalue weighted by Gasteiger charge is 2.05. The summed E-state index contributed by atoms with van der Waals surface area (Å²) in [7, 11) is 0. The molecule has 156 valence electrons. The highest BCUT2D eigenvalue weighted by Crippen LogP contribution is 2.15. The number of aliphatic carboxylic acids is 2. The summed E-state index contributed by atoms with van der Waals surface area (Å²) < 4.78 is 0. The summed E-state index contributed by atoms with van der Waals surface area (Å²) in [6.07, 6.45) is 19.9. The van der Waals surface area contributed by atoms with E-state index in [0.717, 1.165) is 96.2 Å². The molecule has 0 heterocycles. The van der Waals surface area contributed by atoms with Gasteiger partial charge in [0.05, 0.1) is 0 Å². The van der Waals surface area contributed by atoms with Gasteiger partial charge in [-0.25, -0.2) is 0 Å². The van der Waals surface area contributed by atoms with E-state index in [0.29, 0.717) is 0 Å². The van der Waals surface area contributed by atoms with E-state index in [1.54, 1.807) is 0 Å². The van der Waals surface area contributed by atoms with Crippen molar-refractivity contribution in [3.63, 3.8) is 0 Å². The summed E-state index contributed by atoms with van der Waals surface area (Å²) in [5, 5.41) is 17.1. The minimum Gasteiger partial charge on any atom is -0.481 e. The third-order valence-electron chi connectivity index (χ3n) is 4.77. The lowest BCUT2D eigenvalue weighted by Crippen LogP contribution is -2.00. The summed E-state index contributed by atoms with van der Waals surface area (Å²) >= 11 is 0. The fourth-order valence-electron chi connectivity index (χ4n) is 3.09. The van der Waals surface area contributed by atoms with Crippen molar-refractivity contribution >= 4 is 18.2 Å². The number of allylic oxidation sites excluding steroid dienone is 2. The van der Waals surface area contributed by atoms with E-state index in [-0.39, 0.29) is 18.8 Å². The molecular weight excluding hydrogens is 344 g/mol. The van der Waals surface area contributed by atoms with E-state index in [4.69, 9.17) is 10.2 Å². The molecule has 0 aliphatic carbocycles. The second-order valence-electron chi connectivity index (χ2n) is 7.36. The van der Waals surface area contributed by atoms with Crippen LogP contribution >= 0.6 is 0 Å². The molecule has 5 heteroatoms. The van der Waals surface area contributed by atoms with Gasteiger partial charge in [0.2, 0.25) is 0 Å². The van der Waals surface area contributed by atoms with Gasteiger partial charge in [0.15, 0.2) is 0 Å². The Bertz CT molecular complexity index is 417. The molecule has 1 atom stereocenters. The first-order valence-corrected chi connectivity index (χ1v) is 10.6. The number of rotatable bonds is 20. The monoisotopic (exact) mass is 382 g/mol. The van der Waals surface area contributed by atoms with E-state index in [1.165, 1.54) is 0 Å². The number of aldehydes is 1. The van der Waals surface area contributed by atoms with E-state index < -0.39 is 11.9 Å². The minimum atomic E-state index is -0.715. The van der Waals surface area contributed by atoms with Gasteiger partial charge in [-0.1, -0.05) is 63.5 Å². The molecule has 0 saturated heterocycles. The molecule has 0 fully saturated rings.